The number of nitrogens with one attached hydrogen (secondary N) is 1. The van der Waals surface area contributed by atoms with Gasteiger partial charge in [0.05, 0.1) is 19.4 Å². The van der Waals surface area contributed by atoms with Crippen molar-refractivity contribution in [2.75, 3.05) is 13.7 Å². The topological polar surface area (TPSA) is 88.1 Å². The normalized spacial score (nSPS) is 18.3. The highest BCUT2D eigenvalue weighted by molar-refractivity contribution is 6.02. The Morgan fingerprint density at radius 2 is 1.82 bits per heavy atom. The van der Waals surface area contributed by atoms with Gasteiger partial charge in [0.1, 0.15) is 5.54 Å². The van der Waals surface area contributed by atoms with Crippen molar-refractivity contribution in [3.05, 3.63) is 35.9 Å². The number of esters is 1. The zero-order chi connectivity index (χ0) is 20.0. The predicted octanol–water partition coefficient (Wildman–Crippen LogP) is 2.40. The lowest BCUT2D eigenvalue weighted by molar-refractivity contribution is -0.152. The molecule has 0 bridgehead atoms. The van der Waals surface area contributed by atoms with Crippen molar-refractivity contribution < 1.29 is 19.1 Å². The Morgan fingerprint density at radius 3 is 2.50 bits per heavy atom. The summed E-state index contributed by atoms with van der Waals surface area (Å²) in [6, 6.07) is 9.76. The lowest BCUT2D eigenvalue weighted by Gasteiger charge is -2.35. The number of ether oxygens (including phenoxy) is 1. The molecule has 3 rings (SSSR count). The molecule has 28 heavy (non-hydrogen) atoms. The third-order valence-corrected chi connectivity index (χ3v) is 5.42. The second-order valence-electron chi connectivity index (χ2n) is 7.36. The molecule has 1 saturated carbocycles. The van der Waals surface area contributed by atoms with Gasteiger partial charge in [0.2, 0.25) is 11.8 Å². The average molecular weight is 385 g/mol. The van der Waals surface area contributed by atoms with Gasteiger partial charge in [0.25, 0.3) is 0 Å². The van der Waals surface area contributed by atoms with Crippen molar-refractivity contribution in [1.29, 1.82) is 0 Å². The van der Waals surface area contributed by atoms with Crippen molar-refractivity contribution >= 4 is 23.5 Å². The fraction of sp³-hybridized carbons (Fsp3) is 0.524. The van der Waals surface area contributed by atoms with Gasteiger partial charge in [-0.1, -0.05) is 49.6 Å². The van der Waals surface area contributed by atoms with E-state index >= 15 is 0 Å². The van der Waals surface area contributed by atoms with Crippen LogP contribution in [0.4, 0.5) is 0 Å². The number of rotatable bonds is 6. The predicted molar refractivity (Wildman–Crippen MR) is 105 cm³/mol. The number of carbonyl (C=O) groups is 3. The Labute approximate surface area is 165 Å². The summed E-state index contributed by atoms with van der Waals surface area (Å²) in [6.07, 6.45) is 4.75. The van der Waals surface area contributed by atoms with Crippen LogP contribution in [-0.4, -0.2) is 47.7 Å². The Bertz CT molecular complexity index is 754. The van der Waals surface area contributed by atoms with Gasteiger partial charge in [-0.05, 0) is 18.4 Å². The van der Waals surface area contributed by atoms with Gasteiger partial charge in [0.15, 0.2) is 0 Å². The minimum absolute atomic E-state index is 0.0320. The molecule has 0 atom stereocenters. The number of hydrazone groups is 1. The first kappa shape index (κ1) is 20.0. The van der Waals surface area contributed by atoms with Gasteiger partial charge >= 0.3 is 5.97 Å². The van der Waals surface area contributed by atoms with E-state index in [9.17, 15) is 14.4 Å². The Morgan fingerprint density at radius 1 is 1.11 bits per heavy atom. The van der Waals surface area contributed by atoms with Crippen LogP contribution in [0.3, 0.4) is 0 Å². The largest absolute Gasteiger partial charge is 0.467 e. The van der Waals surface area contributed by atoms with Crippen molar-refractivity contribution in [2.45, 2.75) is 56.9 Å². The van der Waals surface area contributed by atoms with E-state index in [1.54, 1.807) is 0 Å². The molecule has 1 aliphatic heterocycles. The molecular weight excluding hydrogens is 358 g/mol. The van der Waals surface area contributed by atoms with E-state index in [-0.39, 0.29) is 24.7 Å². The van der Waals surface area contributed by atoms with Crippen LogP contribution >= 0.6 is 0 Å². The first-order valence-electron chi connectivity index (χ1n) is 9.87. The molecule has 0 aromatic heterocycles. The van der Waals surface area contributed by atoms with E-state index in [0.29, 0.717) is 25.8 Å². The van der Waals surface area contributed by atoms with Gasteiger partial charge in [0, 0.05) is 19.3 Å². The van der Waals surface area contributed by atoms with Crippen LogP contribution in [-0.2, 0) is 19.1 Å². The van der Waals surface area contributed by atoms with E-state index in [1.807, 2.05) is 30.3 Å². The number of benzene rings is 1. The second kappa shape index (κ2) is 8.99. The number of hydrogen-bond donors (Lipinski definition) is 1. The molecule has 0 unspecified atom stereocenters. The molecule has 1 N–H and O–H groups in total. The maximum atomic E-state index is 12.4. The van der Waals surface area contributed by atoms with Crippen LogP contribution in [0.5, 0.6) is 0 Å². The van der Waals surface area contributed by atoms with Crippen LogP contribution in [0.25, 0.3) is 0 Å². The van der Waals surface area contributed by atoms with Gasteiger partial charge in [-0.15, -0.1) is 0 Å². The zero-order valence-electron chi connectivity index (χ0n) is 16.3. The highest BCUT2D eigenvalue weighted by atomic mass is 16.5. The Balaban J connectivity index is 1.53. The molecule has 1 aromatic rings. The minimum atomic E-state index is -0.945. The first-order chi connectivity index (χ1) is 13.5. The smallest absolute Gasteiger partial charge is 0.331 e. The zero-order valence-corrected chi connectivity index (χ0v) is 16.3. The SMILES string of the molecule is COC(=O)C1(NC(=O)CCC(=O)N2CCC(c3ccccc3)=N2)CCCCC1. The van der Waals surface area contributed by atoms with E-state index in [2.05, 4.69) is 10.4 Å². The Kier molecular flexibility index (Phi) is 6.44. The summed E-state index contributed by atoms with van der Waals surface area (Å²) in [4.78, 5) is 37.1. The highest BCUT2D eigenvalue weighted by Crippen LogP contribution is 2.29. The van der Waals surface area contributed by atoms with Crippen molar-refractivity contribution in [2.24, 2.45) is 5.10 Å². The quantitative estimate of drug-likeness (QED) is 0.762. The molecule has 0 saturated heterocycles. The van der Waals surface area contributed by atoms with E-state index in [0.717, 1.165) is 30.5 Å². The molecule has 1 aromatic carbocycles. The lowest BCUT2D eigenvalue weighted by Crippen LogP contribution is -2.56. The van der Waals surface area contributed by atoms with Crippen molar-refractivity contribution in [1.82, 2.24) is 10.3 Å². The van der Waals surface area contributed by atoms with Gasteiger partial charge < -0.3 is 10.1 Å². The maximum Gasteiger partial charge on any atom is 0.331 e. The van der Waals surface area contributed by atoms with Crippen molar-refractivity contribution in [3.63, 3.8) is 0 Å². The number of amides is 2. The molecule has 7 heteroatoms. The summed E-state index contributed by atoms with van der Waals surface area (Å²) in [5.41, 5.74) is 0.942. The van der Waals surface area contributed by atoms with Crippen molar-refractivity contribution in [3.8, 4) is 0 Å². The summed E-state index contributed by atoms with van der Waals surface area (Å²) < 4.78 is 4.91. The molecule has 0 radical (unpaired) electrons. The second-order valence-corrected chi connectivity index (χ2v) is 7.36. The first-order valence-corrected chi connectivity index (χ1v) is 9.87. The summed E-state index contributed by atoms with van der Waals surface area (Å²) in [6.45, 7) is 0.525. The van der Waals surface area contributed by atoms with Gasteiger partial charge in [-0.2, -0.15) is 5.10 Å². The highest BCUT2D eigenvalue weighted by Gasteiger charge is 2.41. The molecule has 1 fully saturated rings. The lowest BCUT2D eigenvalue weighted by atomic mass is 9.81. The van der Waals surface area contributed by atoms with E-state index in [1.165, 1.54) is 12.1 Å². The molecule has 2 aliphatic rings. The summed E-state index contributed by atoms with van der Waals surface area (Å²) in [7, 11) is 1.34. The number of carbonyl (C=O) groups excluding carboxylic acids is 3. The van der Waals surface area contributed by atoms with Gasteiger partial charge in [-0.3, -0.25) is 9.59 Å². The third kappa shape index (κ3) is 4.58. The molecule has 1 heterocycles. The fourth-order valence-corrected chi connectivity index (χ4v) is 3.88. The Hall–Kier alpha value is -2.70. The van der Waals surface area contributed by atoms with Crippen LogP contribution in [0.2, 0.25) is 0 Å². The van der Waals surface area contributed by atoms with E-state index < -0.39 is 11.5 Å². The number of hydrogen-bond acceptors (Lipinski definition) is 5. The molecular formula is C21H27N3O4. The number of methoxy groups -OCH3 is 1. The summed E-state index contributed by atoms with van der Waals surface area (Å²) >= 11 is 0. The van der Waals surface area contributed by atoms with Crippen LogP contribution in [0.15, 0.2) is 35.4 Å². The maximum absolute atomic E-state index is 12.4. The van der Waals surface area contributed by atoms with E-state index in [4.69, 9.17) is 4.74 Å². The standard InChI is InChI=1S/C21H27N3O4/c1-28-20(27)21(13-6-3-7-14-21)22-18(25)10-11-19(26)24-15-12-17(23-24)16-8-4-2-5-9-16/h2,4-5,8-9H,3,6-7,10-15H2,1H3,(H,22,25). The molecule has 0 spiro atoms. The molecule has 150 valence electrons. The minimum Gasteiger partial charge on any atom is -0.467 e. The summed E-state index contributed by atoms with van der Waals surface area (Å²) in [5, 5.41) is 8.68. The third-order valence-electron chi connectivity index (χ3n) is 5.42. The average Bonchev–Trinajstić information content (AvgIpc) is 3.23. The van der Waals surface area contributed by atoms with Crippen LogP contribution in [0, 0.1) is 0 Å². The monoisotopic (exact) mass is 385 g/mol. The number of nitrogens with zero attached hydrogens (tertiary/aromatic N) is 2. The van der Waals surface area contributed by atoms with Crippen LogP contribution in [0.1, 0.15) is 56.9 Å². The van der Waals surface area contributed by atoms with Gasteiger partial charge in [-0.25, -0.2) is 9.80 Å². The molecule has 2 amide bonds. The van der Waals surface area contributed by atoms with Crippen LogP contribution < -0.4 is 5.32 Å². The fourth-order valence-electron chi connectivity index (χ4n) is 3.88. The summed E-state index contributed by atoms with van der Waals surface area (Å²) in [5.74, 6) is -0.882. The molecule has 1 aliphatic carbocycles. The molecule has 7 nitrogen and oxygen atoms in total.